The highest BCUT2D eigenvalue weighted by atomic mass is 16.4. The second-order valence-electron chi connectivity index (χ2n) is 5.12. The predicted octanol–water partition coefficient (Wildman–Crippen LogP) is 2.04. The van der Waals surface area contributed by atoms with E-state index in [0.717, 1.165) is 16.7 Å². The zero-order chi connectivity index (χ0) is 13.7. The first-order valence-corrected chi connectivity index (χ1v) is 5.85. The van der Waals surface area contributed by atoms with Crippen LogP contribution >= 0.6 is 0 Å². The van der Waals surface area contributed by atoms with Crippen LogP contribution < -0.4 is 0 Å². The standard InChI is InChI=1S/C14H16O4/c1-7-4-9(3)10(5-8(7)2)14(13(17)18)6-11(14)12(15)16/h4-5,11H,6H2,1-3H3,(H,15,16)(H,17,18). The van der Waals surface area contributed by atoms with Crippen LogP contribution in [0.5, 0.6) is 0 Å². The number of carbonyl (C=O) groups is 2. The molecular weight excluding hydrogens is 232 g/mol. The Hall–Kier alpha value is -1.84. The molecule has 0 saturated heterocycles. The van der Waals surface area contributed by atoms with E-state index in [0.29, 0.717) is 5.56 Å². The van der Waals surface area contributed by atoms with Gasteiger partial charge in [0, 0.05) is 0 Å². The topological polar surface area (TPSA) is 74.6 Å². The molecule has 0 bridgehead atoms. The van der Waals surface area contributed by atoms with Crippen LogP contribution in [0.1, 0.15) is 28.7 Å². The summed E-state index contributed by atoms with van der Waals surface area (Å²) < 4.78 is 0. The van der Waals surface area contributed by atoms with Gasteiger partial charge in [-0.3, -0.25) is 9.59 Å². The normalized spacial score (nSPS) is 25.8. The van der Waals surface area contributed by atoms with Crippen molar-refractivity contribution in [3.05, 3.63) is 34.4 Å². The van der Waals surface area contributed by atoms with Gasteiger partial charge >= 0.3 is 11.9 Å². The largest absolute Gasteiger partial charge is 0.481 e. The predicted molar refractivity (Wildman–Crippen MR) is 65.7 cm³/mol. The summed E-state index contributed by atoms with van der Waals surface area (Å²) in [7, 11) is 0. The summed E-state index contributed by atoms with van der Waals surface area (Å²) in [6.07, 6.45) is 0.182. The first-order valence-electron chi connectivity index (χ1n) is 5.85. The molecule has 2 N–H and O–H groups in total. The Kier molecular flexibility index (Phi) is 2.69. The summed E-state index contributed by atoms with van der Waals surface area (Å²) in [5.74, 6) is -2.88. The number of carboxylic acids is 2. The minimum absolute atomic E-state index is 0.182. The average molecular weight is 248 g/mol. The SMILES string of the molecule is Cc1cc(C)c(C2(C(=O)O)CC2C(=O)O)cc1C. The maximum atomic E-state index is 11.5. The molecule has 2 unspecified atom stereocenters. The Labute approximate surface area is 105 Å². The molecule has 0 aromatic heterocycles. The van der Waals surface area contributed by atoms with E-state index in [1.807, 2.05) is 32.9 Å². The Bertz CT molecular complexity index is 547. The second kappa shape index (κ2) is 3.83. The third-order valence-electron chi connectivity index (χ3n) is 3.96. The molecule has 0 aliphatic heterocycles. The van der Waals surface area contributed by atoms with Crippen LogP contribution in [0, 0.1) is 26.7 Å². The lowest BCUT2D eigenvalue weighted by atomic mass is 9.87. The maximum absolute atomic E-state index is 11.5. The van der Waals surface area contributed by atoms with E-state index >= 15 is 0 Å². The molecule has 0 heterocycles. The second-order valence-corrected chi connectivity index (χ2v) is 5.12. The van der Waals surface area contributed by atoms with Crippen molar-refractivity contribution in [2.24, 2.45) is 5.92 Å². The van der Waals surface area contributed by atoms with Crippen LogP contribution in [0.25, 0.3) is 0 Å². The van der Waals surface area contributed by atoms with Crippen LogP contribution in [-0.4, -0.2) is 22.2 Å². The molecule has 2 rings (SSSR count). The highest BCUT2D eigenvalue weighted by Crippen LogP contribution is 2.55. The molecule has 1 aromatic carbocycles. The van der Waals surface area contributed by atoms with Crippen molar-refractivity contribution in [3.63, 3.8) is 0 Å². The number of aliphatic carboxylic acids is 2. The Morgan fingerprint density at radius 2 is 1.67 bits per heavy atom. The van der Waals surface area contributed by atoms with E-state index < -0.39 is 23.3 Å². The highest BCUT2D eigenvalue weighted by Gasteiger charge is 2.66. The molecule has 0 spiro atoms. The van der Waals surface area contributed by atoms with Gasteiger partial charge in [-0.1, -0.05) is 12.1 Å². The van der Waals surface area contributed by atoms with Crippen molar-refractivity contribution < 1.29 is 19.8 Å². The third kappa shape index (κ3) is 1.60. The molecule has 18 heavy (non-hydrogen) atoms. The van der Waals surface area contributed by atoms with Gasteiger partial charge in [-0.25, -0.2) is 0 Å². The quantitative estimate of drug-likeness (QED) is 0.858. The summed E-state index contributed by atoms with van der Waals surface area (Å²) in [5, 5.41) is 18.4. The van der Waals surface area contributed by atoms with Crippen molar-refractivity contribution in [1.29, 1.82) is 0 Å². The van der Waals surface area contributed by atoms with Crippen LogP contribution in [-0.2, 0) is 15.0 Å². The van der Waals surface area contributed by atoms with Gasteiger partial charge < -0.3 is 10.2 Å². The molecule has 1 aliphatic rings. The van der Waals surface area contributed by atoms with Crippen LogP contribution in [0.2, 0.25) is 0 Å². The van der Waals surface area contributed by atoms with Gasteiger partial charge in [-0.2, -0.15) is 0 Å². The van der Waals surface area contributed by atoms with Gasteiger partial charge in [0.05, 0.1) is 5.92 Å². The molecule has 1 aliphatic carbocycles. The average Bonchev–Trinajstić information content (AvgIpc) is 3.00. The summed E-state index contributed by atoms with van der Waals surface area (Å²) in [6.45, 7) is 5.71. The van der Waals surface area contributed by atoms with Gasteiger partial charge in [0.25, 0.3) is 0 Å². The molecule has 0 amide bonds. The molecule has 96 valence electrons. The van der Waals surface area contributed by atoms with E-state index in [4.69, 9.17) is 5.11 Å². The van der Waals surface area contributed by atoms with Crippen LogP contribution in [0.4, 0.5) is 0 Å². The summed E-state index contributed by atoms with van der Waals surface area (Å²) in [6, 6.07) is 3.74. The van der Waals surface area contributed by atoms with Gasteiger partial charge in [-0.05, 0) is 49.4 Å². The van der Waals surface area contributed by atoms with Crippen molar-refractivity contribution in [2.45, 2.75) is 32.6 Å². The Morgan fingerprint density at radius 3 is 2.11 bits per heavy atom. The number of rotatable bonds is 3. The van der Waals surface area contributed by atoms with Crippen molar-refractivity contribution >= 4 is 11.9 Å². The fraction of sp³-hybridized carbons (Fsp3) is 0.429. The molecule has 1 fully saturated rings. The van der Waals surface area contributed by atoms with Gasteiger partial charge in [0.2, 0.25) is 0 Å². The smallest absolute Gasteiger partial charge is 0.315 e. The zero-order valence-electron chi connectivity index (χ0n) is 10.7. The van der Waals surface area contributed by atoms with E-state index in [1.54, 1.807) is 0 Å². The molecule has 1 aromatic rings. The third-order valence-corrected chi connectivity index (χ3v) is 3.96. The molecule has 4 nitrogen and oxygen atoms in total. The van der Waals surface area contributed by atoms with Crippen molar-refractivity contribution in [2.75, 3.05) is 0 Å². The summed E-state index contributed by atoms with van der Waals surface area (Å²) in [5.41, 5.74) is 2.35. The Morgan fingerprint density at radius 1 is 1.11 bits per heavy atom. The molecule has 1 saturated carbocycles. The number of carboxylic acid groups (broad SMARTS) is 2. The molecule has 2 atom stereocenters. The van der Waals surface area contributed by atoms with Crippen molar-refractivity contribution in [1.82, 2.24) is 0 Å². The maximum Gasteiger partial charge on any atom is 0.315 e. The number of aryl methyl sites for hydroxylation is 3. The summed E-state index contributed by atoms with van der Waals surface area (Å²) >= 11 is 0. The van der Waals surface area contributed by atoms with E-state index in [1.165, 1.54) is 0 Å². The number of benzene rings is 1. The zero-order valence-corrected chi connectivity index (χ0v) is 10.7. The van der Waals surface area contributed by atoms with Gasteiger partial charge in [0.1, 0.15) is 5.41 Å². The van der Waals surface area contributed by atoms with Gasteiger partial charge in [0.15, 0.2) is 0 Å². The molecular formula is C14H16O4. The lowest BCUT2D eigenvalue weighted by molar-refractivity contribution is -0.145. The fourth-order valence-corrected chi connectivity index (χ4v) is 2.65. The molecule has 0 radical (unpaired) electrons. The fourth-order valence-electron chi connectivity index (χ4n) is 2.65. The van der Waals surface area contributed by atoms with Crippen LogP contribution in [0.3, 0.4) is 0 Å². The molecule has 4 heteroatoms. The van der Waals surface area contributed by atoms with Crippen LogP contribution in [0.15, 0.2) is 12.1 Å². The lowest BCUT2D eigenvalue weighted by Crippen LogP contribution is -2.26. The first kappa shape index (κ1) is 12.6. The minimum atomic E-state index is -1.23. The number of hydrogen-bond donors (Lipinski definition) is 2. The highest BCUT2D eigenvalue weighted by molar-refractivity contribution is 5.95. The lowest BCUT2D eigenvalue weighted by Gasteiger charge is -2.17. The van der Waals surface area contributed by atoms with E-state index in [9.17, 15) is 14.7 Å². The van der Waals surface area contributed by atoms with E-state index in [-0.39, 0.29) is 6.42 Å². The Balaban J connectivity index is 2.57. The minimum Gasteiger partial charge on any atom is -0.481 e. The summed E-state index contributed by atoms with van der Waals surface area (Å²) in [4.78, 5) is 22.5. The monoisotopic (exact) mass is 248 g/mol. The van der Waals surface area contributed by atoms with Gasteiger partial charge in [-0.15, -0.1) is 0 Å². The number of hydrogen-bond acceptors (Lipinski definition) is 2. The van der Waals surface area contributed by atoms with Crippen molar-refractivity contribution in [3.8, 4) is 0 Å². The first-order chi connectivity index (χ1) is 8.30. The van der Waals surface area contributed by atoms with E-state index in [2.05, 4.69) is 0 Å².